The number of carbonyl (C=O) groups excluding carboxylic acids is 1. The lowest BCUT2D eigenvalue weighted by Crippen LogP contribution is -2.23. The molecular formula is C11H20O2. The number of hydrogen-bond donors (Lipinski definition) is 0. The van der Waals surface area contributed by atoms with Crippen molar-refractivity contribution in [3.8, 4) is 0 Å². The fourth-order valence-corrected chi connectivity index (χ4v) is 1.80. The Bertz CT molecular complexity index is 187. The number of ether oxygens (including phenoxy) is 1. The van der Waals surface area contributed by atoms with Crippen LogP contribution in [0.2, 0.25) is 0 Å². The number of carbonyl (C=O) groups is 1. The van der Waals surface area contributed by atoms with Crippen LogP contribution in [0.25, 0.3) is 0 Å². The van der Waals surface area contributed by atoms with Crippen LogP contribution < -0.4 is 0 Å². The van der Waals surface area contributed by atoms with Crippen LogP contribution >= 0.6 is 0 Å². The maximum Gasteiger partial charge on any atom is 0.306 e. The zero-order valence-electron chi connectivity index (χ0n) is 8.93. The van der Waals surface area contributed by atoms with Gasteiger partial charge in [-0.25, -0.2) is 0 Å². The second kappa shape index (κ2) is 4.12. The largest absolute Gasteiger partial charge is 0.459 e. The van der Waals surface area contributed by atoms with E-state index in [0.29, 0.717) is 6.42 Å². The highest BCUT2D eigenvalue weighted by atomic mass is 16.6. The highest BCUT2D eigenvalue weighted by molar-refractivity contribution is 5.72. The maximum absolute atomic E-state index is 10.9. The Labute approximate surface area is 80.7 Å². The minimum absolute atomic E-state index is 0.0213. The highest BCUT2D eigenvalue weighted by Gasteiger charge is 2.34. The van der Waals surface area contributed by atoms with Crippen LogP contribution in [0.15, 0.2) is 0 Å². The molecule has 1 saturated heterocycles. The van der Waals surface area contributed by atoms with Crippen LogP contribution in [0.3, 0.4) is 0 Å². The molecule has 1 fully saturated rings. The molecule has 0 aromatic carbocycles. The highest BCUT2D eigenvalue weighted by Crippen LogP contribution is 2.31. The predicted molar refractivity (Wildman–Crippen MR) is 52.4 cm³/mol. The first-order chi connectivity index (χ1) is 6.02. The minimum atomic E-state index is -0.147. The van der Waals surface area contributed by atoms with E-state index in [1.165, 1.54) is 12.8 Å². The molecule has 0 aromatic rings. The second-order valence-electron chi connectivity index (χ2n) is 4.71. The Morgan fingerprint density at radius 2 is 2.23 bits per heavy atom. The molecule has 0 aliphatic carbocycles. The summed E-state index contributed by atoms with van der Waals surface area (Å²) in [5.41, 5.74) is -0.147. The van der Waals surface area contributed by atoms with Gasteiger partial charge in [-0.3, -0.25) is 4.79 Å². The third-order valence-electron chi connectivity index (χ3n) is 2.71. The van der Waals surface area contributed by atoms with Crippen LogP contribution in [-0.2, 0) is 9.53 Å². The van der Waals surface area contributed by atoms with Gasteiger partial charge in [0.15, 0.2) is 0 Å². The van der Waals surface area contributed by atoms with Crippen LogP contribution in [0.1, 0.15) is 52.9 Å². The lowest BCUT2D eigenvalue weighted by atomic mass is 9.93. The van der Waals surface area contributed by atoms with E-state index in [0.717, 1.165) is 18.8 Å². The Morgan fingerprint density at radius 3 is 2.69 bits per heavy atom. The third kappa shape index (κ3) is 3.37. The molecule has 1 aliphatic heterocycles. The van der Waals surface area contributed by atoms with E-state index in [4.69, 9.17) is 4.74 Å². The quantitative estimate of drug-likeness (QED) is 0.628. The summed E-state index contributed by atoms with van der Waals surface area (Å²) in [6, 6.07) is 0. The first kappa shape index (κ1) is 10.6. The van der Waals surface area contributed by atoms with Gasteiger partial charge < -0.3 is 4.74 Å². The molecule has 0 saturated carbocycles. The topological polar surface area (TPSA) is 26.3 Å². The molecule has 1 heterocycles. The number of esters is 1. The van der Waals surface area contributed by atoms with Crippen molar-refractivity contribution in [1.29, 1.82) is 0 Å². The average molecular weight is 184 g/mol. The summed E-state index contributed by atoms with van der Waals surface area (Å²) in [6.45, 7) is 6.50. The molecule has 2 heteroatoms. The van der Waals surface area contributed by atoms with Gasteiger partial charge in [-0.15, -0.1) is 0 Å². The molecule has 1 unspecified atom stereocenters. The van der Waals surface area contributed by atoms with Gasteiger partial charge in [0.05, 0.1) is 0 Å². The van der Waals surface area contributed by atoms with Crippen molar-refractivity contribution in [3.05, 3.63) is 0 Å². The SMILES string of the molecule is CC(C)CCCC1(C)CCC(=O)O1. The van der Waals surface area contributed by atoms with Gasteiger partial charge >= 0.3 is 5.97 Å². The van der Waals surface area contributed by atoms with Crippen LogP contribution in [0.4, 0.5) is 0 Å². The molecule has 1 aliphatic rings. The van der Waals surface area contributed by atoms with E-state index in [1.807, 2.05) is 0 Å². The van der Waals surface area contributed by atoms with Crippen molar-refractivity contribution in [3.63, 3.8) is 0 Å². The Hall–Kier alpha value is -0.530. The van der Waals surface area contributed by atoms with Gasteiger partial charge in [-0.1, -0.05) is 20.3 Å². The van der Waals surface area contributed by atoms with Gasteiger partial charge in [0.25, 0.3) is 0 Å². The molecule has 0 spiro atoms. The Morgan fingerprint density at radius 1 is 1.54 bits per heavy atom. The fraction of sp³-hybridized carbons (Fsp3) is 0.909. The predicted octanol–water partition coefficient (Wildman–Crippen LogP) is 2.91. The molecular weight excluding hydrogens is 164 g/mol. The van der Waals surface area contributed by atoms with Crippen LogP contribution in [0, 0.1) is 5.92 Å². The van der Waals surface area contributed by atoms with Crippen molar-refractivity contribution in [2.45, 2.75) is 58.5 Å². The van der Waals surface area contributed by atoms with E-state index in [2.05, 4.69) is 20.8 Å². The molecule has 0 N–H and O–H groups in total. The lowest BCUT2D eigenvalue weighted by Gasteiger charge is -2.22. The van der Waals surface area contributed by atoms with Gasteiger partial charge in [-0.2, -0.15) is 0 Å². The number of hydrogen-bond acceptors (Lipinski definition) is 2. The van der Waals surface area contributed by atoms with Crippen molar-refractivity contribution in [1.82, 2.24) is 0 Å². The second-order valence-corrected chi connectivity index (χ2v) is 4.71. The zero-order chi connectivity index (χ0) is 9.90. The molecule has 2 nitrogen and oxygen atoms in total. The number of rotatable bonds is 4. The van der Waals surface area contributed by atoms with Crippen molar-refractivity contribution in [2.24, 2.45) is 5.92 Å². The first-order valence-corrected chi connectivity index (χ1v) is 5.24. The van der Waals surface area contributed by atoms with E-state index in [1.54, 1.807) is 0 Å². The van der Waals surface area contributed by atoms with Gasteiger partial charge in [0.2, 0.25) is 0 Å². The molecule has 1 atom stereocenters. The molecule has 0 amide bonds. The molecule has 0 aromatic heterocycles. The van der Waals surface area contributed by atoms with Crippen molar-refractivity contribution in [2.75, 3.05) is 0 Å². The summed E-state index contributed by atoms with van der Waals surface area (Å²) < 4.78 is 5.29. The van der Waals surface area contributed by atoms with E-state index in [9.17, 15) is 4.79 Å². The van der Waals surface area contributed by atoms with Crippen LogP contribution in [0.5, 0.6) is 0 Å². The summed E-state index contributed by atoms with van der Waals surface area (Å²) >= 11 is 0. The van der Waals surface area contributed by atoms with E-state index in [-0.39, 0.29) is 11.6 Å². The third-order valence-corrected chi connectivity index (χ3v) is 2.71. The minimum Gasteiger partial charge on any atom is -0.459 e. The average Bonchev–Trinajstić information content (AvgIpc) is 2.30. The summed E-state index contributed by atoms with van der Waals surface area (Å²) in [4.78, 5) is 10.9. The Balaban J connectivity index is 2.24. The molecule has 1 rings (SSSR count). The summed E-state index contributed by atoms with van der Waals surface area (Å²) in [5.74, 6) is 0.729. The standard InChI is InChI=1S/C11H20O2/c1-9(2)5-4-7-11(3)8-6-10(12)13-11/h9H,4-8H2,1-3H3. The fourth-order valence-electron chi connectivity index (χ4n) is 1.80. The zero-order valence-corrected chi connectivity index (χ0v) is 8.93. The summed E-state index contributed by atoms with van der Waals surface area (Å²) in [7, 11) is 0. The first-order valence-electron chi connectivity index (χ1n) is 5.24. The molecule has 0 bridgehead atoms. The Kier molecular flexibility index (Phi) is 3.34. The smallest absolute Gasteiger partial charge is 0.306 e. The van der Waals surface area contributed by atoms with E-state index < -0.39 is 0 Å². The van der Waals surface area contributed by atoms with Crippen LogP contribution in [-0.4, -0.2) is 11.6 Å². The normalized spacial score (nSPS) is 28.2. The van der Waals surface area contributed by atoms with Gasteiger partial charge in [-0.05, 0) is 32.1 Å². The lowest BCUT2D eigenvalue weighted by molar-refractivity contribution is -0.147. The van der Waals surface area contributed by atoms with Gasteiger partial charge in [0, 0.05) is 6.42 Å². The molecule has 13 heavy (non-hydrogen) atoms. The monoisotopic (exact) mass is 184 g/mol. The van der Waals surface area contributed by atoms with Crippen molar-refractivity contribution >= 4 is 5.97 Å². The maximum atomic E-state index is 10.9. The summed E-state index contributed by atoms with van der Waals surface area (Å²) in [6.07, 6.45) is 4.94. The molecule has 0 radical (unpaired) electrons. The molecule has 76 valence electrons. The van der Waals surface area contributed by atoms with Crippen molar-refractivity contribution < 1.29 is 9.53 Å². The summed E-state index contributed by atoms with van der Waals surface area (Å²) in [5, 5.41) is 0. The van der Waals surface area contributed by atoms with E-state index >= 15 is 0 Å². The number of cyclic esters (lactones) is 1. The van der Waals surface area contributed by atoms with Gasteiger partial charge in [0.1, 0.15) is 5.60 Å².